The van der Waals surface area contributed by atoms with Gasteiger partial charge in [-0.05, 0) is 24.1 Å². The van der Waals surface area contributed by atoms with E-state index in [1.165, 1.54) is 6.26 Å². The lowest BCUT2D eigenvalue weighted by Gasteiger charge is -2.15. The Balaban J connectivity index is 1.63. The van der Waals surface area contributed by atoms with Crippen molar-refractivity contribution in [2.24, 2.45) is 0 Å². The van der Waals surface area contributed by atoms with Gasteiger partial charge in [-0.1, -0.05) is 37.3 Å². The van der Waals surface area contributed by atoms with Gasteiger partial charge in [-0.25, -0.2) is 0 Å². The first-order valence-electron chi connectivity index (χ1n) is 8.10. The highest BCUT2D eigenvalue weighted by molar-refractivity contribution is 5.83. The summed E-state index contributed by atoms with van der Waals surface area (Å²) in [5.41, 5.74) is 1.17. The normalized spacial score (nSPS) is 12.2. The number of pyridine rings is 1. The molecular weight excluding hydrogens is 304 g/mol. The molecule has 5 heteroatoms. The highest BCUT2D eigenvalue weighted by Crippen LogP contribution is 2.19. The third-order valence-corrected chi connectivity index (χ3v) is 4.16. The lowest BCUT2D eigenvalue weighted by atomic mass is 9.96. The van der Waals surface area contributed by atoms with Crippen molar-refractivity contribution in [3.05, 3.63) is 70.8 Å². The molecular formula is C19H20N2O3. The molecule has 2 heterocycles. The van der Waals surface area contributed by atoms with E-state index in [4.69, 9.17) is 4.42 Å². The van der Waals surface area contributed by atoms with E-state index in [0.717, 1.165) is 17.4 Å². The zero-order chi connectivity index (χ0) is 16.9. The van der Waals surface area contributed by atoms with Crippen LogP contribution in [0.1, 0.15) is 24.8 Å². The molecule has 0 bridgehead atoms. The maximum Gasteiger partial charge on any atom is 0.294 e. The van der Waals surface area contributed by atoms with Gasteiger partial charge in [0, 0.05) is 24.7 Å². The number of benzene rings is 1. The third kappa shape index (κ3) is 3.25. The molecule has 1 amide bonds. The summed E-state index contributed by atoms with van der Waals surface area (Å²) in [5.74, 6) is -0.189. The Hall–Kier alpha value is -2.82. The van der Waals surface area contributed by atoms with Crippen LogP contribution in [0.4, 0.5) is 0 Å². The largest absolute Gasteiger partial charge is 0.459 e. The lowest BCUT2D eigenvalue weighted by molar-refractivity contribution is -0.122. The number of nitrogens with zero attached hydrogens (tertiary/aromatic N) is 1. The van der Waals surface area contributed by atoms with Crippen LogP contribution in [0.25, 0.3) is 11.0 Å². The molecule has 0 fully saturated rings. The zero-order valence-corrected chi connectivity index (χ0v) is 13.6. The maximum absolute atomic E-state index is 12.4. The molecule has 24 heavy (non-hydrogen) atoms. The molecule has 3 aromatic rings. The molecule has 0 aliphatic rings. The molecule has 0 unspecified atom stereocenters. The van der Waals surface area contributed by atoms with Gasteiger partial charge in [-0.2, -0.15) is 0 Å². The van der Waals surface area contributed by atoms with Crippen LogP contribution in [-0.2, 0) is 11.3 Å². The summed E-state index contributed by atoms with van der Waals surface area (Å²) in [6, 6.07) is 13.3. The number of furan rings is 1. The van der Waals surface area contributed by atoms with Crippen molar-refractivity contribution in [1.82, 2.24) is 9.88 Å². The van der Waals surface area contributed by atoms with Crippen LogP contribution in [0, 0.1) is 0 Å². The van der Waals surface area contributed by atoms with Gasteiger partial charge in [0.25, 0.3) is 5.56 Å². The van der Waals surface area contributed by atoms with Crippen molar-refractivity contribution in [1.29, 1.82) is 0 Å². The highest BCUT2D eigenvalue weighted by atomic mass is 16.3. The zero-order valence-electron chi connectivity index (χ0n) is 13.6. The van der Waals surface area contributed by atoms with E-state index >= 15 is 0 Å². The second-order valence-electron chi connectivity index (χ2n) is 5.68. The predicted molar refractivity (Wildman–Crippen MR) is 93.0 cm³/mol. The minimum absolute atomic E-state index is 0.0178. The van der Waals surface area contributed by atoms with E-state index in [0.29, 0.717) is 18.7 Å². The number of carbonyl (C=O) groups is 1. The van der Waals surface area contributed by atoms with E-state index in [2.05, 4.69) is 5.32 Å². The second-order valence-corrected chi connectivity index (χ2v) is 5.68. The predicted octanol–water partition coefficient (Wildman–Crippen LogP) is 2.90. The minimum Gasteiger partial charge on any atom is -0.459 e. The number of aromatic nitrogens is 1. The van der Waals surface area contributed by atoms with Gasteiger partial charge in [0.15, 0.2) is 5.58 Å². The summed E-state index contributed by atoms with van der Waals surface area (Å²) < 4.78 is 6.76. The van der Waals surface area contributed by atoms with E-state index in [1.54, 1.807) is 16.8 Å². The molecule has 1 aromatic carbocycles. The molecule has 5 nitrogen and oxygen atoms in total. The Morgan fingerprint density at radius 1 is 1.21 bits per heavy atom. The molecule has 0 aliphatic heterocycles. The number of hydrogen-bond acceptors (Lipinski definition) is 3. The van der Waals surface area contributed by atoms with Crippen LogP contribution in [0.3, 0.4) is 0 Å². The number of rotatable bonds is 6. The van der Waals surface area contributed by atoms with Gasteiger partial charge >= 0.3 is 0 Å². The standard InChI is InChI=1S/C19H20N2O3/c1-2-16(14-6-4-3-5-7-14)18(22)20-10-12-21-11-8-15-9-13-24-17(15)19(21)23/h3-9,11,13,16H,2,10,12H2,1H3,(H,20,22)/t16-/m1/s1. The van der Waals surface area contributed by atoms with E-state index in [1.807, 2.05) is 43.3 Å². The highest BCUT2D eigenvalue weighted by Gasteiger charge is 2.17. The van der Waals surface area contributed by atoms with E-state index in [-0.39, 0.29) is 17.4 Å². The molecule has 0 saturated heterocycles. The number of carbonyl (C=O) groups excluding carboxylic acids is 1. The van der Waals surface area contributed by atoms with Crippen molar-refractivity contribution in [3.63, 3.8) is 0 Å². The monoisotopic (exact) mass is 324 g/mol. The molecule has 1 atom stereocenters. The summed E-state index contributed by atoms with van der Waals surface area (Å²) in [6.07, 6.45) is 3.96. The third-order valence-electron chi connectivity index (χ3n) is 4.16. The molecule has 124 valence electrons. The summed E-state index contributed by atoms with van der Waals surface area (Å²) in [4.78, 5) is 24.6. The van der Waals surface area contributed by atoms with Crippen LogP contribution >= 0.6 is 0 Å². The molecule has 0 radical (unpaired) electrons. The first kappa shape index (κ1) is 16.1. The SMILES string of the molecule is CC[C@@H](C(=O)NCCn1ccc2ccoc2c1=O)c1ccccc1. The summed E-state index contributed by atoms with van der Waals surface area (Å²) in [7, 11) is 0. The number of amides is 1. The first-order chi connectivity index (χ1) is 11.7. The fourth-order valence-electron chi connectivity index (χ4n) is 2.85. The smallest absolute Gasteiger partial charge is 0.294 e. The molecule has 0 spiro atoms. The fourth-order valence-corrected chi connectivity index (χ4v) is 2.85. The Morgan fingerprint density at radius 3 is 2.75 bits per heavy atom. The van der Waals surface area contributed by atoms with E-state index < -0.39 is 0 Å². The average molecular weight is 324 g/mol. The van der Waals surface area contributed by atoms with Crippen LogP contribution < -0.4 is 10.9 Å². The first-order valence-corrected chi connectivity index (χ1v) is 8.10. The van der Waals surface area contributed by atoms with Crippen LogP contribution in [-0.4, -0.2) is 17.0 Å². The molecule has 0 aliphatic carbocycles. The van der Waals surface area contributed by atoms with Gasteiger partial charge in [-0.3, -0.25) is 9.59 Å². The molecule has 3 rings (SSSR count). The molecule has 2 aromatic heterocycles. The topological polar surface area (TPSA) is 64.2 Å². The van der Waals surface area contributed by atoms with Crippen molar-refractivity contribution < 1.29 is 9.21 Å². The summed E-state index contributed by atoms with van der Waals surface area (Å²) in [6.45, 7) is 2.80. The van der Waals surface area contributed by atoms with Crippen molar-refractivity contribution >= 4 is 16.9 Å². The quantitative estimate of drug-likeness (QED) is 0.758. The van der Waals surface area contributed by atoms with Crippen molar-refractivity contribution in [2.75, 3.05) is 6.54 Å². The number of hydrogen-bond donors (Lipinski definition) is 1. The Kier molecular flexibility index (Phi) is 4.79. The Labute approximate surface area is 139 Å². The van der Waals surface area contributed by atoms with Gasteiger partial charge in [0.2, 0.25) is 5.91 Å². The van der Waals surface area contributed by atoms with Gasteiger partial charge in [0.1, 0.15) is 0 Å². The fraction of sp³-hybridized carbons (Fsp3) is 0.263. The average Bonchev–Trinajstić information content (AvgIpc) is 3.08. The van der Waals surface area contributed by atoms with Crippen LogP contribution in [0.15, 0.2) is 64.1 Å². The summed E-state index contributed by atoms with van der Waals surface area (Å²) >= 11 is 0. The van der Waals surface area contributed by atoms with Crippen LogP contribution in [0.5, 0.6) is 0 Å². The number of nitrogens with one attached hydrogen (secondary N) is 1. The van der Waals surface area contributed by atoms with Gasteiger partial charge in [-0.15, -0.1) is 0 Å². The van der Waals surface area contributed by atoms with Gasteiger partial charge in [0.05, 0.1) is 12.2 Å². The summed E-state index contributed by atoms with van der Waals surface area (Å²) in [5, 5.41) is 3.71. The van der Waals surface area contributed by atoms with Gasteiger partial charge < -0.3 is 14.3 Å². The molecule has 0 saturated carbocycles. The maximum atomic E-state index is 12.4. The van der Waals surface area contributed by atoms with Crippen LogP contribution in [0.2, 0.25) is 0 Å². The van der Waals surface area contributed by atoms with Crippen molar-refractivity contribution in [2.45, 2.75) is 25.8 Å². The Morgan fingerprint density at radius 2 is 2.00 bits per heavy atom. The van der Waals surface area contributed by atoms with Crippen molar-refractivity contribution in [3.8, 4) is 0 Å². The van der Waals surface area contributed by atoms with E-state index in [9.17, 15) is 9.59 Å². The second kappa shape index (κ2) is 7.17. The Bertz CT molecular complexity index is 880. The lowest BCUT2D eigenvalue weighted by Crippen LogP contribution is -2.33. The number of fused-ring (bicyclic) bond motifs is 1. The minimum atomic E-state index is -0.179. The molecule has 1 N–H and O–H groups in total.